The summed E-state index contributed by atoms with van der Waals surface area (Å²) in [5.41, 5.74) is 4.53. The topological polar surface area (TPSA) is 76.7 Å². The zero-order valence-corrected chi connectivity index (χ0v) is 14.4. The minimum Gasteiger partial charge on any atom is -0.496 e. The van der Waals surface area contributed by atoms with E-state index in [-0.39, 0.29) is 16.3 Å². The third-order valence-electron chi connectivity index (χ3n) is 2.97. The van der Waals surface area contributed by atoms with Crippen molar-refractivity contribution in [3.05, 3.63) is 57.8 Å². The number of carbonyl (C=O) groups excluding carboxylic acids is 2. The lowest BCUT2D eigenvalue weighted by atomic mass is 10.2. The Balaban J connectivity index is 1.89. The fourth-order valence-electron chi connectivity index (χ4n) is 1.82. The number of ether oxygens (including phenoxy) is 2. The first kappa shape index (κ1) is 18.8. The van der Waals surface area contributed by atoms with Gasteiger partial charge in [-0.2, -0.15) is 0 Å². The maximum absolute atomic E-state index is 12.9. The van der Waals surface area contributed by atoms with Crippen LogP contribution < -0.4 is 20.3 Å². The molecule has 0 unspecified atom stereocenters. The fourth-order valence-corrected chi connectivity index (χ4v) is 2.22. The third-order valence-corrected chi connectivity index (χ3v) is 3.50. The molecule has 2 aromatic rings. The van der Waals surface area contributed by atoms with Gasteiger partial charge in [-0.15, -0.1) is 0 Å². The molecule has 0 saturated heterocycles. The lowest BCUT2D eigenvalue weighted by molar-refractivity contribution is -0.123. The first-order chi connectivity index (χ1) is 11.9. The van der Waals surface area contributed by atoms with Gasteiger partial charge in [0.1, 0.15) is 17.3 Å². The Morgan fingerprint density at radius 2 is 1.80 bits per heavy atom. The minimum atomic E-state index is -0.644. The molecular weight excluding hydrogens is 374 g/mol. The van der Waals surface area contributed by atoms with Crippen LogP contribution in [0.3, 0.4) is 0 Å². The molecule has 0 aliphatic rings. The van der Waals surface area contributed by atoms with Crippen LogP contribution in [0, 0.1) is 5.82 Å². The Bertz CT molecular complexity index is 802. The molecular formula is C16H13Cl2FN2O4. The van der Waals surface area contributed by atoms with Crippen LogP contribution in [0.4, 0.5) is 4.39 Å². The van der Waals surface area contributed by atoms with Gasteiger partial charge in [0, 0.05) is 5.02 Å². The maximum atomic E-state index is 12.9. The summed E-state index contributed by atoms with van der Waals surface area (Å²) in [5.74, 6) is -1.35. The molecule has 2 amide bonds. The van der Waals surface area contributed by atoms with E-state index in [1.54, 1.807) is 6.07 Å². The number of nitrogens with one attached hydrogen (secondary N) is 2. The fraction of sp³-hybridized carbons (Fsp3) is 0.125. The summed E-state index contributed by atoms with van der Waals surface area (Å²) in [5, 5.41) is 0.368. The van der Waals surface area contributed by atoms with Gasteiger partial charge in [0.25, 0.3) is 11.8 Å². The van der Waals surface area contributed by atoms with Crippen molar-refractivity contribution in [3.63, 3.8) is 0 Å². The molecule has 2 rings (SSSR count). The number of hydrazine groups is 1. The summed E-state index contributed by atoms with van der Waals surface area (Å²) in [6.45, 7) is -0.432. The first-order valence-electron chi connectivity index (χ1n) is 6.91. The molecule has 25 heavy (non-hydrogen) atoms. The molecule has 0 aliphatic carbocycles. The van der Waals surface area contributed by atoms with Crippen LogP contribution in [-0.4, -0.2) is 25.5 Å². The molecule has 0 aromatic heterocycles. The van der Waals surface area contributed by atoms with E-state index in [9.17, 15) is 14.0 Å². The van der Waals surface area contributed by atoms with Gasteiger partial charge in [0.05, 0.1) is 17.7 Å². The van der Waals surface area contributed by atoms with E-state index in [1.165, 1.54) is 25.3 Å². The second kappa shape index (κ2) is 8.55. The average molecular weight is 387 g/mol. The number of benzene rings is 2. The lowest BCUT2D eigenvalue weighted by Gasteiger charge is -2.11. The highest BCUT2D eigenvalue weighted by Crippen LogP contribution is 2.24. The zero-order chi connectivity index (χ0) is 18.4. The molecule has 0 spiro atoms. The Labute approximate surface area is 152 Å². The van der Waals surface area contributed by atoms with E-state index < -0.39 is 24.2 Å². The zero-order valence-electron chi connectivity index (χ0n) is 12.9. The molecule has 132 valence electrons. The molecule has 0 aliphatic heterocycles. The predicted molar refractivity (Wildman–Crippen MR) is 90.5 cm³/mol. The average Bonchev–Trinajstić information content (AvgIpc) is 2.58. The molecule has 0 heterocycles. The van der Waals surface area contributed by atoms with Gasteiger partial charge in [-0.1, -0.05) is 23.2 Å². The van der Waals surface area contributed by atoms with E-state index in [1.807, 2.05) is 0 Å². The highest BCUT2D eigenvalue weighted by Gasteiger charge is 2.14. The number of methoxy groups -OCH3 is 1. The number of hydrogen-bond donors (Lipinski definition) is 2. The highest BCUT2D eigenvalue weighted by molar-refractivity contribution is 6.32. The predicted octanol–water partition coefficient (Wildman–Crippen LogP) is 2.98. The van der Waals surface area contributed by atoms with Crippen molar-refractivity contribution >= 4 is 35.0 Å². The van der Waals surface area contributed by atoms with Gasteiger partial charge in [-0.05, 0) is 36.4 Å². The Hall–Kier alpha value is -2.51. The number of amides is 2. The third kappa shape index (κ3) is 5.23. The van der Waals surface area contributed by atoms with Crippen molar-refractivity contribution < 1.29 is 23.5 Å². The van der Waals surface area contributed by atoms with Crippen molar-refractivity contribution in [2.24, 2.45) is 0 Å². The number of hydrogen-bond acceptors (Lipinski definition) is 4. The summed E-state index contributed by atoms with van der Waals surface area (Å²) in [6.07, 6.45) is 0. The van der Waals surface area contributed by atoms with E-state index in [0.717, 1.165) is 12.1 Å². The van der Waals surface area contributed by atoms with Gasteiger partial charge < -0.3 is 9.47 Å². The van der Waals surface area contributed by atoms with Gasteiger partial charge >= 0.3 is 0 Å². The standard InChI is InChI=1S/C16H13Cl2FN2O4/c1-24-13-4-2-9(17)6-11(13)16(23)21-20-15(22)8-25-14-5-3-10(19)7-12(14)18/h2-7H,8H2,1H3,(H,20,22)(H,21,23). The van der Waals surface area contributed by atoms with Crippen LogP contribution in [0.15, 0.2) is 36.4 Å². The van der Waals surface area contributed by atoms with Crippen LogP contribution >= 0.6 is 23.2 Å². The molecule has 6 nitrogen and oxygen atoms in total. The SMILES string of the molecule is COc1ccc(Cl)cc1C(=O)NNC(=O)COc1ccc(F)cc1Cl. The summed E-state index contributed by atoms with van der Waals surface area (Å²) in [6, 6.07) is 7.99. The molecule has 0 saturated carbocycles. The minimum absolute atomic E-state index is 0.0282. The molecule has 2 N–H and O–H groups in total. The summed E-state index contributed by atoms with van der Waals surface area (Å²) in [7, 11) is 1.40. The molecule has 0 atom stereocenters. The van der Waals surface area contributed by atoms with Crippen molar-refractivity contribution in [1.29, 1.82) is 0 Å². The largest absolute Gasteiger partial charge is 0.496 e. The second-order valence-corrected chi connectivity index (χ2v) is 5.55. The highest BCUT2D eigenvalue weighted by atomic mass is 35.5. The number of carbonyl (C=O) groups is 2. The van der Waals surface area contributed by atoms with Crippen LogP contribution in [0.1, 0.15) is 10.4 Å². The molecule has 9 heteroatoms. The summed E-state index contributed by atoms with van der Waals surface area (Å²) >= 11 is 11.6. The van der Waals surface area contributed by atoms with Crippen LogP contribution in [0.2, 0.25) is 10.0 Å². The summed E-state index contributed by atoms with van der Waals surface area (Å²) in [4.78, 5) is 23.8. The first-order valence-corrected chi connectivity index (χ1v) is 7.67. The van der Waals surface area contributed by atoms with Crippen LogP contribution in [-0.2, 0) is 4.79 Å². The van der Waals surface area contributed by atoms with Crippen molar-refractivity contribution in [3.8, 4) is 11.5 Å². The van der Waals surface area contributed by atoms with Crippen LogP contribution in [0.5, 0.6) is 11.5 Å². The Morgan fingerprint density at radius 1 is 1.08 bits per heavy atom. The molecule has 0 fully saturated rings. The lowest BCUT2D eigenvalue weighted by Crippen LogP contribution is -2.43. The van der Waals surface area contributed by atoms with Gasteiger partial charge in [-0.25, -0.2) is 4.39 Å². The molecule has 2 aromatic carbocycles. The van der Waals surface area contributed by atoms with Gasteiger partial charge in [0.2, 0.25) is 0 Å². The van der Waals surface area contributed by atoms with Crippen molar-refractivity contribution in [2.75, 3.05) is 13.7 Å². The number of halogens is 3. The van der Waals surface area contributed by atoms with Gasteiger partial charge in [-0.3, -0.25) is 20.4 Å². The van der Waals surface area contributed by atoms with E-state index in [0.29, 0.717) is 10.8 Å². The van der Waals surface area contributed by atoms with E-state index in [2.05, 4.69) is 10.9 Å². The summed E-state index contributed by atoms with van der Waals surface area (Å²) < 4.78 is 23.1. The Kier molecular flexibility index (Phi) is 6.44. The van der Waals surface area contributed by atoms with Gasteiger partial charge in [0.15, 0.2) is 6.61 Å². The normalized spacial score (nSPS) is 10.1. The Morgan fingerprint density at radius 3 is 2.48 bits per heavy atom. The second-order valence-electron chi connectivity index (χ2n) is 4.71. The van der Waals surface area contributed by atoms with Crippen LogP contribution in [0.25, 0.3) is 0 Å². The quantitative estimate of drug-likeness (QED) is 0.774. The van der Waals surface area contributed by atoms with E-state index in [4.69, 9.17) is 32.7 Å². The van der Waals surface area contributed by atoms with Crippen molar-refractivity contribution in [1.82, 2.24) is 10.9 Å². The monoisotopic (exact) mass is 386 g/mol. The smallest absolute Gasteiger partial charge is 0.276 e. The molecule has 0 bridgehead atoms. The maximum Gasteiger partial charge on any atom is 0.276 e. The number of rotatable bonds is 5. The van der Waals surface area contributed by atoms with Crippen molar-refractivity contribution in [2.45, 2.75) is 0 Å². The van der Waals surface area contributed by atoms with E-state index >= 15 is 0 Å². The molecule has 0 radical (unpaired) electrons.